The van der Waals surface area contributed by atoms with Crippen LogP contribution in [0.15, 0.2) is 43.6 Å². The van der Waals surface area contributed by atoms with Gasteiger partial charge in [0.25, 0.3) is 0 Å². The van der Waals surface area contributed by atoms with Crippen molar-refractivity contribution in [2.45, 2.75) is 25.3 Å². The third kappa shape index (κ3) is 2.49. The molecule has 27 heavy (non-hydrogen) atoms. The van der Waals surface area contributed by atoms with E-state index < -0.39 is 0 Å². The molecule has 1 saturated heterocycles. The predicted octanol–water partition coefficient (Wildman–Crippen LogP) is 2.59. The normalized spacial score (nSPS) is 27.2. The molecule has 1 aliphatic heterocycles. The van der Waals surface area contributed by atoms with Gasteiger partial charge in [0.05, 0.1) is 17.4 Å². The minimum absolute atomic E-state index is 0.0266. The van der Waals surface area contributed by atoms with Gasteiger partial charge in [-0.2, -0.15) is 5.10 Å². The van der Waals surface area contributed by atoms with Crippen LogP contribution in [0.4, 0.5) is 0 Å². The highest BCUT2D eigenvalue weighted by Gasteiger charge is 2.48. The van der Waals surface area contributed by atoms with Crippen LogP contribution in [0.2, 0.25) is 0 Å². The van der Waals surface area contributed by atoms with Crippen molar-refractivity contribution in [2.24, 2.45) is 11.8 Å². The van der Waals surface area contributed by atoms with Crippen LogP contribution in [0, 0.1) is 11.8 Å². The molecular weight excluding hydrogens is 340 g/mol. The average Bonchev–Trinajstić information content (AvgIpc) is 3.42. The zero-order chi connectivity index (χ0) is 18.6. The Hall–Kier alpha value is -2.96. The summed E-state index contributed by atoms with van der Waals surface area (Å²) < 4.78 is 2.10. The van der Waals surface area contributed by atoms with E-state index in [4.69, 9.17) is 0 Å². The smallest absolute Gasteiger partial charge is 0.245 e. The summed E-state index contributed by atoms with van der Waals surface area (Å²) in [6.07, 6.45) is 10.9. The third-order valence-corrected chi connectivity index (χ3v) is 6.23. The van der Waals surface area contributed by atoms with E-state index in [1.807, 2.05) is 23.4 Å². The molecule has 3 aromatic rings. The number of nitrogens with zero attached hydrogens (tertiary/aromatic N) is 5. The molecule has 0 bridgehead atoms. The van der Waals surface area contributed by atoms with Gasteiger partial charge in [-0.15, -0.1) is 0 Å². The van der Waals surface area contributed by atoms with E-state index in [9.17, 15) is 4.79 Å². The van der Waals surface area contributed by atoms with Gasteiger partial charge < -0.3 is 9.88 Å². The quantitative estimate of drug-likeness (QED) is 0.726. The molecule has 1 amide bonds. The zero-order valence-corrected chi connectivity index (χ0v) is 15.3. The van der Waals surface area contributed by atoms with E-state index in [1.54, 1.807) is 6.33 Å². The molecule has 0 spiro atoms. The number of hydrogen-bond donors (Lipinski definition) is 1. The Morgan fingerprint density at radius 2 is 2.11 bits per heavy atom. The Balaban J connectivity index is 1.40. The van der Waals surface area contributed by atoms with Crippen LogP contribution in [0.5, 0.6) is 0 Å². The van der Waals surface area contributed by atoms with E-state index in [0.29, 0.717) is 11.8 Å². The highest BCUT2D eigenvalue weighted by molar-refractivity contribution is 5.90. The lowest BCUT2D eigenvalue weighted by Gasteiger charge is -2.27. The second-order valence-electron chi connectivity index (χ2n) is 8.01. The molecule has 5 rings (SSSR count). The zero-order valence-electron chi connectivity index (χ0n) is 15.3. The molecule has 1 aliphatic carbocycles. The van der Waals surface area contributed by atoms with Crippen LogP contribution in [0.25, 0.3) is 22.3 Å². The van der Waals surface area contributed by atoms with Crippen LogP contribution < -0.4 is 0 Å². The summed E-state index contributed by atoms with van der Waals surface area (Å²) in [5.41, 5.74) is 2.71. The maximum absolute atomic E-state index is 11.9. The highest BCUT2D eigenvalue weighted by atomic mass is 16.2. The fourth-order valence-corrected chi connectivity index (χ4v) is 4.95. The number of carbonyl (C=O) groups is 1. The van der Waals surface area contributed by atoms with E-state index >= 15 is 0 Å². The first-order valence-electron chi connectivity index (χ1n) is 9.32. The summed E-state index contributed by atoms with van der Waals surface area (Å²) >= 11 is 0. The van der Waals surface area contributed by atoms with Gasteiger partial charge in [-0.05, 0) is 43.7 Å². The predicted molar refractivity (Wildman–Crippen MR) is 102 cm³/mol. The number of carbonyl (C=O) groups excluding carboxylic acids is 1. The van der Waals surface area contributed by atoms with Crippen LogP contribution in [0.3, 0.4) is 0 Å². The van der Waals surface area contributed by atoms with E-state index in [1.165, 1.54) is 6.08 Å². The largest absolute Gasteiger partial charge is 0.346 e. The molecule has 0 unspecified atom stereocenters. The third-order valence-electron chi connectivity index (χ3n) is 6.23. The average molecular weight is 362 g/mol. The van der Waals surface area contributed by atoms with E-state index in [0.717, 1.165) is 48.2 Å². The van der Waals surface area contributed by atoms with Crippen LogP contribution in [-0.4, -0.2) is 48.6 Å². The van der Waals surface area contributed by atoms with Gasteiger partial charge in [-0.25, -0.2) is 9.97 Å². The number of rotatable bonds is 3. The number of hydrogen-bond acceptors (Lipinski definition) is 4. The van der Waals surface area contributed by atoms with Gasteiger partial charge in [0.2, 0.25) is 5.91 Å². The Labute approximate surface area is 157 Å². The molecular formula is C20H22N6O. The Bertz CT molecular complexity index is 1020. The first-order chi connectivity index (χ1) is 13.1. The summed E-state index contributed by atoms with van der Waals surface area (Å²) in [7, 11) is 0. The molecule has 3 aromatic heterocycles. The lowest BCUT2D eigenvalue weighted by Crippen LogP contribution is -2.33. The number of H-pyrrole nitrogens is 1. The lowest BCUT2D eigenvalue weighted by molar-refractivity contribution is -0.125. The Kier molecular flexibility index (Phi) is 3.47. The highest BCUT2D eigenvalue weighted by Crippen LogP contribution is 2.47. The fraction of sp³-hybridized carbons (Fsp3) is 0.400. The van der Waals surface area contributed by atoms with Gasteiger partial charge in [-0.1, -0.05) is 6.58 Å². The molecule has 7 nitrogen and oxygen atoms in total. The first-order valence-corrected chi connectivity index (χ1v) is 9.32. The van der Waals surface area contributed by atoms with Gasteiger partial charge in [0.1, 0.15) is 12.0 Å². The number of amides is 1. The molecule has 4 heterocycles. The molecule has 7 heteroatoms. The van der Waals surface area contributed by atoms with Crippen molar-refractivity contribution in [1.29, 1.82) is 0 Å². The second kappa shape index (κ2) is 5.77. The number of fused-ring (bicyclic) bond motifs is 2. The van der Waals surface area contributed by atoms with Crippen molar-refractivity contribution in [2.75, 3.05) is 13.1 Å². The molecule has 1 N–H and O–H groups in total. The number of nitrogens with one attached hydrogen (secondary N) is 1. The number of aromatic nitrogens is 5. The van der Waals surface area contributed by atoms with Crippen molar-refractivity contribution in [1.82, 2.24) is 29.6 Å². The molecule has 3 atom stereocenters. The summed E-state index contributed by atoms with van der Waals surface area (Å²) in [6.45, 7) is 7.54. The van der Waals surface area contributed by atoms with Crippen LogP contribution in [0.1, 0.15) is 19.8 Å². The summed E-state index contributed by atoms with van der Waals surface area (Å²) in [4.78, 5) is 25.7. The summed E-state index contributed by atoms with van der Waals surface area (Å²) in [6, 6.07) is 1.99. The van der Waals surface area contributed by atoms with Crippen molar-refractivity contribution >= 4 is 16.9 Å². The molecule has 0 radical (unpaired) electrons. The van der Waals surface area contributed by atoms with Gasteiger partial charge in [0.15, 0.2) is 0 Å². The topological polar surface area (TPSA) is 79.7 Å². The first kappa shape index (κ1) is 16.2. The Morgan fingerprint density at radius 1 is 1.33 bits per heavy atom. The minimum atomic E-state index is -0.0266. The lowest BCUT2D eigenvalue weighted by atomic mass is 9.98. The SMILES string of the molecule is C=CC(=O)N1C[C@@H]2C[C@@](C)(n3cc(-c4ncnc5[nH]ccc45)cn3)C[C@@H]2C1. The standard InChI is InChI=1S/C20H22N6O/c1-3-17(27)25-9-13-6-20(2,7-14(13)10-25)26-11-15(8-24-26)18-16-4-5-21-19(16)23-12-22-18/h3-5,8,11-14H,1,6-7,9-10H2,2H3,(H,21,22,23)/t13-,14+,20+. The number of aromatic amines is 1. The summed E-state index contributed by atoms with van der Waals surface area (Å²) in [5.74, 6) is 1.11. The molecule has 2 fully saturated rings. The molecule has 1 saturated carbocycles. The second-order valence-corrected chi connectivity index (χ2v) is 8.01. The molecule has 0 aromatic carbocycles. The van der Waals surface area contributed by atoms with Crippen molar-refractivity contribution in [3.8, 4) is 11.3 Å². The van der Waals surface area contributed by atoms with E-state index in [2.05, 4.69) is 44.4 Å². The van der Waals surface area contributed by atoms with Gasteiger partial charge in [0, 0.05) is 36.4 Å². The van der Waals surface area contributed by atoms with Crippen LogP contribution in [-0.2, 0) is 10.3 Å². The van der Waals surface area contributed by atoms with Gasteiger partial charge >= 0.3 is 0 Å². The van der Waals surface area contributed by atoms with Crippen molar-refractivity contribution in [3.63, 3.8) is 0 Å². The number of likely N-dealkylation sites (tertiary alicyclic amines) is 1. The van der Waals surface area contributed by atoms with E-state index in [-0.39, 0.29) is 11.4 Å². The van der Waals surface area contributed by atoms with Crippen LogP contribution >= 0.6 is 0 Å². The molecule has 138 valence electrons. The molecule has 2 aliphatic rings. The summed E-state index contributed by atoms with van der Waals surface area (Å²) in [5, 5.41) is 5.69. The van der Waals surface area contributed by atoms with Crippen molar-refractivity contribution < 1.29 is 4.79 Å². The maximum atomic E-state index is 11.9. The Morgan fingerprint density at radius 3 is 2.85 bits per heavy atom. The van der Waals surface area contributed by atoms with Crippen molar-refractivity contribution in [3.05, 3.63) is 43.6 Å². The van der Waals surface area contributed by atoms with Gasteiger partial charge in [-0.3, -0.25) is 9.48 Å². The minimum Gasteiger partial charge on any atom is -0.346 e. The monoisotopic (exact) mass is 362 g/mol. The maximum Gasteiger partial charge on any atom is 0.245 e. The fourth-order valence-electron chi connectivity index (χ4n) is 4.95.